The number of allylic oxidation sites excluding steroid dienone is 1. The van der Waals surface area contributed by atoms with Gasteiger partial charge >= 0.3 is 6.18 Å². The van der Waals surface area contributed by atoms with E-state index in [1.165, 1.54) is 23.9 Å². The fraction of sp³-hybridized carbons (Fsp3) is 0.0455. The Kier molecular flexibility index (Phi) is 6.75. The van der Waals surface area contributed by atoms with E-state index < -0.39 is 11.7 Å². The topological polar surface area (TPSA) is 12.4 Å². The van der Waals surface area contributed by atoms with Crippen LogP contribution in [0.25, 0.3) is 0 Å². The molecule has 0 unspecified atom stereocenters. The molecule has 3 aromatic rings. The molecule has 0 amide bonds. The minimum Gasteiger partial charge on any atom is -0.248 e. The van der Waals surface area contributed by atoms with Gasteiger partial charge in [0.1, 0.15) is 0 Å². The number of benzene rings is 3. The highest BCUT2D eigenvalue weighted by Crippen LogP contribution is 2.29. The third-order valence-electron chi connectivity index (χ3n) is 3.76. The highest BCUT2D eigenvalue weighted by molar-refractivity contribution is 9.10. The molecule has 0 spiro atoms. The molecule has 0 heterocycles. The van der Waals surface area contributed by atoms with Crippen molar-refractivity contribution >= 4 is 39.1 Å². The lowest BCUT2D eigenvalue weighted by molar-refractivity contribution is -0.137. The largest absolute Gasteiger partial charge is 0.416 e. The van der Waals surface area contributed by atoms with E-state index in [-0.39, 0.29) is 0 Å². The number of aliphatic imine (C=N–C) groups is 1. The van der Waals surface area contributed by atoms with Crippen molar-refractivity contribution < 1.29 is 13.2 Å². The zero-order chi connectivity index (χ0) is 20.0. The number of para-hydroxylation sites is 1. The summed E-state index contributed by atoms with van der Waals surface area (Å²) in [6, 6.07) is 22.2. The van der Waals surface area contributed by atoms with E-state index in [4.69, 9.17) is 0 Å². The molecule has 28 heavy (non-hydrogen) atoms. The van der Waals surface area contributed by atoms with Crippen molar-refractivity contribution in [2.24, 2.45) is 4.99 Å². The van der Waals surface area contributed by atoms with Crippen molar-refractivity contribution in [2.75, 3.05) is 0 Å². The first-order chi connectivity index (χ1) is 13.4. The van der Waals surface area contributed by atoms with Crippen molar-refractivity contribution in [1.29, 1.82) is 0 Å². The number of hydrogen-bond donors (Lipinski definition) is 0. The molecule has 1 nitrogen and oxygen atoms in total. The lowest BCUT2D eigenvalue weighted by Crippen LogP contribution is -2.05. The highest BCUT2D eigenvalue weighted by atomic mass is 79.9. The van der Waals surface area contributed by atoms with Crippen LogP contribution in [0.4, 0.5) is 18.9 Å². The minimum absolute atomic E-state index is 0.588. The highest BCUT2D eigenvalue weighted by Gasteiger charge is 2.30. The van der Waals surface area contributed by atoms with Crippen LogP contribution in [0.5, 0.6) is 0 Å². The van der Waals surface area contributed by atoms with Gasteiger partial charge in [0.25, 0.3) is 0 Å². The molecule has 0 radical (unpaired) electrons. The summed E-state index contributed by atoms with van der Waals surface area (Å²) in [6.45, 7) is 0. The Bertz CT molecular complexity index is 963. The van der Waals surface area contributed by atoms with Crippen LogP contribution in [-0.4, -0.2) is 5.71 Å². The average Bonchev–Trinajstić information content (AvgIpc) is 2.69. The summed E-state index contributed by atoms with van der Waals surface area (Å²) in [7, 11) is 0. The molecule has 3 rings (SSSR count). The van der Waals surface area contributed by atoms with Gasteiger partial charge in [0.05, 0.1) is 17.0 Å². The van der Waals surface area contributed by atoms with E-state index in [0.717, 1.165) is 27.2 Å². The maximum absolute atomic E-state index is 12.8. The maximum atomic E-state index is 12.8. The Morgan fingerprint density at radius 2 is 1.50 bits per heavy atom. The van der Waals surface area contributed by atoms with Crippen molar-refractivity contribution in [3.05, 3.63) is 106 Å². The fourth-order valence-electron chi connectivity index (χ4n) is 2.36. The number of halogens is 4. The van der Waals surface area contributed by atoms with Crippen LogP contribution in [0.1, 0.15) is 11.1 Å². The third-order valence-corrected chi connectivity index (χ3v) is 5.10. The van der Waals surface area contributed by atoms with Gasteiger partial charge in [-0.05, 0) is 60.0 Å². The number of rotatable bonds is 5. The van der Waals surface area contributed by atoms with Gasteiger partial charge in [-0.3, -0.25) is 0 Å². The van der Waals surface area contributed by atoms with Crippen LogP contribution in [0.15, 0.2) is 105 Å². The summed E-state index contributed by atoms with van der Waals surface area (Å²) in [5.41, 5.74) is 1.26. The molecule has 0 bridgehead atoms. The number of hydrogen-bond acceptors (Lipinski definition) is 2. The molecule has 142 valence electrons. The predicted octanol–water partition coefficient (Wildman–Crippen LogP) is 7.89. The molecule has 0 N–H and O–H groups in total. The smallest absolute Gasteiger partial charge is 0.248 e. The first-order valence-corrected chi connectivity index (χ1v) is 9.99. The lowest BCUT2D eigenvalue weighted by atomic mass is 10.1. The monoisotopic (exact) mass is 461 g/mol. The molecule has 3 aromatic carbocycles. The van der Waals surface area contributed by atoms with Crippen molar-refractivity contribution in [2.45, 2.75) is 11.1 Å². The predicted molar refractivity (Wildman–Crippen MR) is 113 cm³/mol. The zero-order valence-electron chi connectivity index (χ0n) is 14.5. The van der Waals surface area contributed by atoms with E-state index in [9.17, 15) is 13.2 Å². The van der Waals surface area contributed by atoms with Gasteiger partial charge in [-0.1, -0.05) is 58.0 Å². The van der Waals surface area contributed by atoms with Crippen molar-refractivity contribution in [3.63, 3.8) is 0 Å². The van der Waals surface area contributed by atoms with E-state index >= 15 is 0 Å². The summed E-state index contributed by atoms with van der Waals surface area (Å²) in [6.07, 6.45) is -2.55. The van der Waals surface area contributed by atoms with E-state index in [1.54, 1.807) is 0 Å². The summed E-state index contributed by atoms with van der Waals surface area (Å²) in [4.78, 5) is 5.64. The van der Waals surface area contributed by atoms with Gasteiger partial charge < -0.3 is 0 Å². The van der Waals surface area contributed by atoms with E-state index in [1.807, 2.05) is 66.1 Å². The third kappa shape index (κ3) is 5.84. The molecule has 0 aliphatic rings. The molecule has 0 aliphatic carbocycles. The van der Waals surface area contributed by atoms with Gasteiger partial charge in [0.2, 0.25) is 0 Å². The Morgan fingerprint density at radius 1 is 0.857 bits per heavy atom. The lowest BCUT2D eigenvalue weighted by Gasteiger charge is -2.08. The van der Waals surface area contributed by atoms with E-state index in [2.05, 4.69) is 20.9 Å². The van der Waals surface area contributed by atoms with Gasteiger partial charge in [-0.25, -0.2) is 4.99 Å². The number of nitrogens with zero attached hydrogens (tertiary/aromatic N) is 1. The SMILES string of the molecule is FC(F)(F)c1ccc(C(C=CSc2ccc(Br)cc2)=Nc2ccccc2)cc1. The second kappa shape index (κ2) is 9.26. The molecule has 0 saturated carbocycles. The Labute approximate surface area is 174 Å². The minimum atomic E-state index is -4.36. The first-order valence-electron chi connectivity index (χ1n) is 8.32. The van der Waals surface area contributed by atoms with Gasteiger partial charge in [0, 0.05) is 14.9 Å². The standard InChI is InChI=1S/C22H15BrF3NS/c23-18-10-12-20(13-11-18)28-15-14-21(27-19-4-2-1-3-5-19)16-6-8-17(9-7-16)22(24,25)26/h1-15H. The van der Waals surface area contributed by atoms with Crippen LogP contribution in [0.3, 0.4) is 0 Å². The summed E-state index contributed by atoms with van der Waals surface area (Å²) < 4.78 is 39.5. The van der Waals surface area contributed by atoms with Crippen LogP contribution >= 0.6 is 27.7 Å². The molecule has 6 heteroatoms. The Balaban J connectivity index is 1.88. The zero-order valence-corrected chi connectivity index (χ0v) is 16.9. The van der Waals surface area contributed by atoms with E-state index in [0.29, 0.717) is 11.3 Å². The normalized spacial score (nSPS) is 12.5. The first kappa shape index (κ1) is 20.4. The summed E-state index contributed by atoms with van der Waals surface area (Å²) in [5.74, 6) is 0. The number of alkyl halides is 3. The van der Waals surface area contributed by atoms with Gasteiger partial charge in [-0.15, -0.1) is 0 Å². The second-order valence-electron chi connectivity index (χ2n) is 5.78. The average molecular weight is 462 g/mol. The van der Waals surface area contributed by atoms with Gasteiger partial charge in [0.15, 0.2) is 0 Å². The fourth-order valence-corrected chi connectivity index (χ4v) is 3.27. The van der Waals surface area contributed by atoms with Gasteiger partial charge in [-0.2, -0.15) is 13.2 Å². The molecule has 0 atom stereocenters. The van der Waals surface area contributed by atoms with Crippen LogP contribution in [-0.2, 0) is 6.18 Å². The Hall–Kier alpha value is -2.31. The number of thioether (sulfide) groups is 1. The van der Waals surface area contributed by atoms with Crippen molar-refractivity contribution in [1.82, 2.24) is 0 Å². The van der Waals surface area contributed by atoms with Crippen LogP contribution < -0.4 is 0 Å². The second-order valence-corrected chi connectivity index (χ2v) is 7.68. The van der Waals surface area contributed by atoms with Crippen molar-refractivity contribution in [3.8, 4) is 0 Å². The molecular formula is C22H15BrF3NS. The molecule has 0 aliphatic heterocycles. The molecule has 0 saturated heterocycles. The quantitative estimate of drug-likeness (QED) is 0.277. The van der Waals surface area contributed by atoms with Crippen LogP contribution in [0.2, 0.25) is 0 Å². The summed E-state index contributed by atoms with van der Waals surface area (Å²) in [5, 5.41) is 1.88. The molecule has 0 aromatic heterocycles. The molecular weight excluding hydrogens is 447 g/mol. The molecule has 0 fully saturated rings. The van der Waals surface area contributed by atoms with Crippen LogP contribution in [0, 0.1) is 0 Å². The Morgan fingerprint density at radius 3 is 2.11 bits per heavy atom. The maximum Gasteiger partial charge on any atom is 0.416 e. The summed E-state index contributed by atoms with van der Waals surface area (Å²) >= 11 is 4.91.